The molecule has 0 radical (unpaired) electrons. The van der Waals surface area contributed by atoms with Gasteiger partial charge >= 0.3 is 0 Å². The van der Waals surface area contributed by atoms with E-state index in [0.29, 0.717) is 5.13 Å². The van der Waals surface area contributed by atoms with Gasteiger partial charge in [-0.1, -0.05) is 6.92 Å². The predicted octanol–water partition coefficient (Wildman–Crippen LogP) is 3.10. The summed E-state index contributed by atoms with van der Waals surface area (Å²) in [6.07, 6.45) is 2.38. The van der Waals surface area contributed by atoms with Crippen LogP contribution in [0.1, 0.15) is 12.5 Å². The topological polar surface area (TPSA) is 64.9 Å². The fraction of sp³-hybridized carbons (Fsp3) is 0.167. The summed E-state index contributed by atoms with van der Waals surface area (Å²) in [5.74, 6) is 0. The first-order valence-corrected chi connectivity index (χ1v) is 6.23. The van der Waals surface area contributed by atoms with Crippen molar-refractivity contribution < 1.29 is 4.42 Å². The van der Waals surface area contributed by atoms with Crippen LogP contribution in [0.2, 0.25) is 0 Å². The summed E-state index contributed by atoms with van der Waals surface area (Å²) in [7, 11) is 0. The van der Waals surface area contributed by atoms with Crippen LogP contribution in [0, 0.1) is 0 Å². The van der Waals surface area contributed by atoms with E-state index in [1.54, 1.807) is 0 Å². The summed E-state index contributed by atoms with van der Waals surface area (Å²) in [6.45, 7) is 2.09. The normalized spacial score (nSPS) is 11.1. The van der Waals surface area contributed by atoms with Crippen LogP contribution in [-0.4, -0.2) is 9.97 Å². The van der Waals surface area contributed by atoms with Gasteiger partial charge in [-0.2, -0.15) is 0 Å². The van der Waals surface area contributed by atoms with E-state index in [2.05, 4.69) is 23.0 Å². The van der Waals surface area contributed by atoms with Gasteiger partial charge in [0.25, 0.3) is 0 Å². The van der Waals surface area contributed by atoms with E-state index < -0.39 is 0 Å². The summed E-state index contributed by atoms with van der Waals surface area (Å²) in [6, 6.07) is 4.06. The molecule has 2 aromatic heterocycles. The Morgan fingerprint density at radius 2 is 2.29 bits per heavy atom. The maximum absolute atomic E-state index is 5.65. The highest BCUT2D eigenvalue weighted by Crippen LogP contribution is 2.29. The lowest BCUT2D eigenvalue weighted by Gasteiger charge is -2.01. The minimum absolute atomic E-state index is 0.582. The number of aryl methyl sites for hydroxylation is 1. The predicted molar refractivity (Wildman–Crippen MR) is 68.9 cm³/mol. The SMILES string of the molecule is CCc1cc(-c2csc(N)n2)cc2ncoc12. The van der Waals surface area contributed by atoms with Crippen LogP contribution in [0.5, 0.6) is 0 Å². The maximum Gasteiger partial charge on any atom is 0.181 e. The van der Waals surface area contributed by atoms with Gasteiger partial charge in [0.2, 0.25) is 0 Å². The lowest BCUT2D eigenvalue weighted by Crippen LogP contribution is -1.87. The quantitative estimate of drug-likeness (QED) is 0.753. The zero-order valence-corrected chi connectivity index (χ0v) is 10.1. The molecule has 0 spiro atoms. The number of benzene rings is 1. The molecule has 4 nitrogen and oxygen atoms in total. The van der Waals surface area contributed by atoms with Crippen molar-refractivity contribution in [2.24, 2.45) is 0 Å². The molecule has 0 unspecified atom stereocenters. The molecule has 2 heterocycles. The fourth-order valence-electron chi connectivity index (χ4n) is 1.87. The molecule has 17 heavy (non-hydrogen) atoms. The lowest BCUT2D eigenvalue weighted by atomic mass is 10.1. The largest absolute Gasteiger partial charge is 0.443 e. The molecular formula is C12H11N3OS. The number of nitrogens with zero attached hydrogens (tertiary/aromatic N) is 2. The molecule has 0 amide bonds. The summed E-state index contributed by atoms with van der Waals surface area (Å²) in [5.41, 5.74) is 10.5. The van der Waals surface area contributed by atoms with Crippen molar-refractivity contribution in [3.63, 3.8) is 0 Å². The summed E-state index contributed by atoms with van der Waals surface area (Å²) in [5, 5.41) is 2.54. The van der Waals surface area contributed by atoms with Crippen LogP contribution < -0.4 is 5.73 Å². The third kappa shape index (κ3) is 1.68. The van der Waals surface area contributed by atoms with Gasteiger partial charge in [-0.3, -0.25) is 0 Å². The van der Waals surface area contributed by atoms with Gasteiger partial charge < -0.3 is 10.2 Å². The second-order valence-corrected chi connectivity index (χ2v) is 4.65. The van der Waals surface area contributed by atoms with Crippen molar-refractivity contribution in [1.29, 1.82) is 0 Å². The van der Waals surface area contributed by atoms with Crippen LogP contribution in [0.15, 0.2) is 28.3 Å². The smallest absolute Gasteiger partial charge is 0.181 e. The van der Waals surface area contributed by atoms with Gasteiger partial charge in [0.15, 0.2) is 17.1 Å². The number of hydrogen-bond acceptors (Lipinski definition) is 5. The second-order valence-electron chi connectivity index (χ2n) is 3.76. The Bertz CT molecular complexity index is 671. The summed E-state index contributed by atoms with van der Waals surface area (Å²) in [4.78, 5) is 8.48. The number of thiazole rings is 1. The number of nitrogens with two attached hydrogens (primary N) is 1. The van der Waals surface area contributed by atoms with Gasteiger partial charge in [0.1, 0.15) is 5.52 Å². The Morgan fingerprint density at radius 1 is 1.41 bits per heavy atom. The number of aromatic nitrogens is 2. The molecule has 86 valence electrons. The van der Waals surface area contributed by atoms with Crippen molar-refractivity contribution >= 4 is 27.6 Å². The van der Waals surface area contributed by atoms with Gasteiger partial charge in [-0.25, -0.2) is 9.97 Å². The molecule has 0 saturated heterocycles. The van der Waals surface area contributed by atoms with Crippen LogP contribution >= 0.6 is 11.3 Å². The van der Waals surface area contributed by atoms with Crippen LogP contribution in [-0.2, 0) is 6.42 Å². The Labute approximate surface area is 102 Å². The summed E-state index contributed by atoms with van der Waals surface area (Å²) < 4.78 is 5.38. The molecule has 0 aliphatic rings. The third-order valence-corrected chi connectivity index (χ3v) is 3.38. The van der Waals surface area contributed by atoms with Gasteiger partial charge in [-0.15, -0.1) is 11.3 Å². The van der Waals surface area contributed by atoms with E-state index in [1.807, 2.05) is 11.4 Å². The standard InChI is InChI=1S/C12H11N3OS/c1-2-7-3-8(10-5-17-12(13)15-10)4-9-11(7)16-6-14-9/h3-6H,2H2,1H3,(H2,13,15). The molecule has 2 N–H and O–H groups in total. The highest BCUT2D eigenvalue weighted by atomic mass is 32.1. The first-order valence-electron chi connectivity index (χ1n) is 5.35. The molecule has 0 fully saturated rings. The van der Waals surface area contributed by atoms with Crippen LogP contribution in [0.3, 0.4) is 0 Å². The molecule has 0 atom stereocenters. The van der Waals surface area contributed by atoms with Crippen molar-refractivity contribution in [3.05, 3.63) is 29.5 Å². The van der Waals surface area contributed by atoms with Crippen LogP contribution in [0.25, 0.3) is 22.4 Å². The minimum Gasteiger partial charge on any atom is -0.443 e. The van der Waals surface area contributed by atoms with E-state index >= 15 is 0 Å². The Balaban J connectivity index is 2.23. The van der Waals surface area contributed by atoms with E-state index in [4.69, 9.17) is 10.2 Å². The number of oxazole rings is 1. The molecule has 0 bridgehead atoms. The molecule has 0 aliphatic carbocycles. The molecule has 0 saturated carbocycles. The molecule has 3 rings (SSSR count). The number of fused-ring (bicyclic) bond motifs is 1. The molecule has 5 heteroatoms. The van der Waals surface area contributed by atoms with E-state index in [1.165, 1.54) is 17.7 Å². The molecule has 3 aromatic rings. The second kappa shape index (κ2) is 3.85. The van der Waals surface area contributed by atoms with Crippen molar-refractivity contribution in [1.82, 2.24) is 9.97 Å². The van der Waals surface area contributed by atoms with E-state index in [-0.39, 0.29) is 0 Å². The first-order chi connectivity index (χ1) is 8.28. The first kappa shape index (κ1) is 10.3. The lowest BCUT2D eigenvalue weighted by molar-refractivity contribution is 0.598. The average Bonchev–Trinajstić information content (AvgIpc) is 2.95. The van der Waals surface area contributed by atoms with E-state index in [9.17, 15) is 0 Å². The summed E-state index contributed by atoms with van der Waals surface area (Å²) >= 11 is 1.44. The van der Waals surface area contributed by atoms with Crippen molar-refractivity contribution in [3.8, 4) is 11.3 Å². The highest BCUT2D eigenvalue weighted by molar-refractivity contribution is 7.13. The number of nitrogen functional groups attached to an aromatic ring is 1. The number of hydrogen-bond donors (Lipinski definition) is 1. The highest BCUT2D eigenvalue weighted by Gasteiger charge is 2.10. The monoisotopic (exact) mass is 245 g/mol. The fourth-order valence-corrected chi connectivity index (χ4v) is 2.44. The Morgan fingerprint density at radius 3 is 3.00 bits per heavy atom. The Kier molecular flexibility index (Phi) is 2.33. The molecule has 1 aromatic carbocycles. The molecule has 0 aliphatic heterocycles. The maximum atomic E-state index is 5.65. The number of anilines is 1. The zero-order valence-electron chi connectivity index (χ0n) is 9.30. The minimum atomic E-state index is 0.582. The molecular weight excluding hydrogens is 234 g/mol. The Hall–Kier alpha value is -1.88. The number of rotatable bonds is 2. The van der Waals surface area contributed by atoms with Crippen LogP contribution in [0.4, 0.5) is 5.13 Å². The van der Waals surface area contributed by atoms with Gasteiger partial charge in [-0.05, 0) is 24.1 Å². The third-order valence-electron chi connectivity index (χ3n) is 2.71. The van der Waals surface area contributed by atoms with Crippen molar-refractivity contribution in [2.75, 3.05) is 5.73 Å². The zero-order chi connectivity index (χ0) is 11.8. The van der Waals surface area contributed by atoms with Crippen molar-refractivity contribution in [2.45, 2.75) is 13.3 Å². The van der Waals surface area contributed by atoms with Gasteiger partial charge in [0.05, 0.1) is 5.69 Å². The van der Waals surface area contributed by atoms with E-state index in [0.717, 1.165) is 34.3 Å². The average molecular weight is 245 g/mol. The van der Waals surface area contributed by atoms with Gasteiger partial charge in [0, 0.05) is 10.9 Å².